The van der Waals surface area contributed by atoms with Gasteiger partial charge in [-0.05, 0) is 82.7 Å². The van der Waals surface area contributed by atoms with Gasteiger partial charge in [0.25, 0.3) is 0 Å². The molecule has 0 aliphatic rings. The summed E-state index contributed by atoms with van der Waals surface area (Å²) < 4.78 is 0. The molecular formula is C36H60N2S. The number of nitrogen functional groups attached to an aromatic ring is 2. The van der Waals surface area contributed by atoms with Gasteiger partial charge in [-0.2, -0.15) is 0 Å². The topological polar surface area (TPSA) is 52.0 Å². The molecule has 0 aliphatic heterocycles. The van der Waals surface area contributed by atoms with Crippen LogP contribution in [0.25, 0.3) is 0 Å². The summed E-state index contributed by atoms with van der Waals surface area (Å²) in [4.78, 5) is 2.27. The minimum absolute atomic E-state index is 0.0701. The summed E-state index contributed by atoms with van der Waals surface area (Å²) in [7, 11) is 0. The molecular weight excluding hydrogens is 492 g/mol. The van der Waals surface area contributed by atoms with Crippen LogP contribution in [0.1, 0.15) is 143 Å². The van der Waals surface area contributed by atoms with E-state index < -0.39 is 0 Å². The molecule has 3 heteroatoms. The quantitative estimate of drug-likeness (QED) is 0.181. The Bertz CT molecular complexity index is 954. The summed E-state index contributed by atoms with van der Waals surface area (Å²) in [5.41, 5.74) is 21.4. The van der Waals surface area contributed by atoms with Crippen LogP contribution in [0.15, 0.2) is 34.1 Å². The van der Waals surface area contributed by atoms with Crippen molar-refractivity contribution in [2.45, 2.75) is 154 Å². The lowest BCUT2D eigenvalue weighted by molar-refractivity contribution is 0.524. The van der Waals surface area contributed by atoms with Gasteiger partial charge in [0, 0.05) is 21.2 Å². The number of hydrogen-bond donors (Lipinski definition) is 2. The van der Waals surface area contributed by atoms with Crippen molar-refractivity contribution in [2.24, 2.45) is 11.8 Å². The number of benzene rings is 2. The molecule has 2 rings (SSSR count). The van der Waals surface area contributed by atoms with Crippen LogP contribution >= 0.6 is 11.8 Å². The average Bonchev–Trinajstić information content (AvgIpc) is 2.80. The van der Waals surface area contributed by atoms with E-state index in [-0.39, 0.29) is 10.8 Å². The third kappa shape index (κ3) is 10.4. The Morgan fingerprint density at radius 1 is 0.564 bits per heavy atom. The summed E-state index contributed by atoms with van der Waals surface area (Å²) in [6, 6.07) is 9.09. The Morgan fingerprint density at radius 3 is 1.23 bits per heavy atom. The van der Waals surface area contributed by atoms with Crippen LogP contribution in [-0.4, -0.2) is 0 Å². The number of rotatable bonds is 14. The number of unbranched alkanes of at least 4 members (excludes halogenated alkanes) is 4. The third-order valence-electron chi connectivity index (χ3n) is 7.89. The summed E-state index contributed by atoms with van der Waals surface area (Å²) in [6.45, 7) is 23.1. The molecule has 0 spiro atoms. The molecule has 39 heavy (non-hydrogen) atoms. The molecule has 0 radical (unpaired) electrons. The van der Waals surface area contributed by atoms with Gasteiger partial charge in [-0.3, -0.25) is 0 Å². The molecule has 2 aromatic rings. The van der Waals surface area contributed by atoms with E-state index >= 15 is 0 Å². The van der Waals surface area contributed by atoms with E-state index in [1.807, 2.05) is 0 Å². The lowest BCUT2D eigenvalue weighted by Crippen LogP contribution is -2.17. The molecule has 4 N–H and O–H groups in total. The van der Waals surface area contributed by atoms with Crippen molar-refractivity contribution >= 4 is 23.1 Å². The highest BCUT2D eigenvalue weighted by Crippen LogP contribution is 2.43. The molecule has 2 nitrogen and oxygen atoms in total. The van der Waals surface area contributed by atoms with Gasteiger partial charge in [0.2, 0.25) is 0 Å². The zero-order valence-corrected chi connectivity index (χ0v) is 27.9. The summed E-state index contributed by atoms with van der Waals surface area (Å²) in [5.74, 6) is 1.56. The molecule has 0 amide bonds. The Balaban J connectivity index is 2.34. The lowest BCUT2D eigenvalue weighted by Gasteiger charge is -2.27. The maximum Gasteiger partial charge on any atom is 0.0491 e. The second-order valence-electron chi connectivity index (χ2n) is 14.6. The first-order valence-electron chi connectivity index (χ1n) is 15.6. The highest BCUT2D eigenvalue weighted by Gasteiger charge is 2.24. The van der Waals surface area contributed by atoms with E-state index in [0.29, 0.717) is 0 Å². The smallest absolute Gasteiger partial charge is 0.0491 e. The van der Waals surface area contributed by atoms with Gasteiger partial charge in [0.1, 0.15) is 0 Å². The Kier molecular flexibility index (Phi) is 12.8. The normalized spacial score (nSPS) is 12.6. The zero-order chi connectivity index (χ0) is 29.4. The Morgan fingerprint density at radius 2 is 0.923 bits per heavy atom. The number of hydrogen-bond acceptors (Lipinski definition) is 3. The van der Waals surface area contributed by atoms with Crippen LogP contribution in [0.5, 0.6) is 0 Å². The van der Waals surface area contributed by atoms with Gasteiger partial charge < -0.3 is 11.5 Å². The van der Waals surface area contributed by atoms with Crippen molar-refractivity contribution in [3.05, 3.63) is 46.5 Å². The molecule has 0 atom stereocenters. The van der Waals surface area contributed by atoms with Gasteiger partial charge in [-0.15, -0.1) is 0 Å². The predicted octanol–water partition coefficient (Wildman–Crippen LogP) is 11.1. The van der Waals surface area contributed by atoms with Crippen LogP contribution in [0.2, 0.25) is 0 Å². The van der Waals surface area contributed by atoms with Crippen molar-refractivity contribution in [1.29, 1.82) is 0 Å². The molecule has 220 valence electrons. The maximum absolute atomic E-state index is 6.96. The lowest BCUT2D eigenvalue weighted by atomic mass is 9.81. The van der Waals surface area contributed by atoms with Gasteiger partial charge in [0.15, 0.2) is 0 Å². The maximum atomic E-state index is 6.96. The molecule has 0 bridgehead atoms. The number of nitrogens with two attached hydrogens (primary N) is 2. The summed E-state index contributed by atoms with van der Waals surface area (Å²) >= 11 is 1.75. The van der Waals surface area contributed by atoms with E-state index in [0.717, 1.165) is 45.8 Å². The van der Waals surface area contributed by atoms with Crippen molar-refractivity contribution in [1.82, 2.24) is 0 Å². The van der Waals surface area contributed by atoms with Crippen LogP contribution in [0.4, 0.5) is 11.4 Å². The third-order valence-corrected chi connectivity index (χ3v) is 9.04. The van der Waals surface area contributed by atoms with E-state index in [4.69, 9.17) is 11.5 Å². The van der Waals surface area contributed by atoms with Gasteiger partial charge >= 0.3 is 0 Å². The van der Waals surface area contributed by atoms with Crippen molar-refractivity contribution < 1.29 is 0 Å². The summed E-state index contributed by atoms with van der Waals surface area (Å²) in [6.07, 6.45) is 12.2. The van der Waals surface area contributed by atoms with Gasteiger partial charge in [0.05, 0.1) is 0 Å². The minimum atomic E-state index is 0.0701. The Hall–Kier alpha value is -1.61. The molecule has 0 aliphatic carbocycles. The van der Waals surface area contributed by atoms with Crippen LogP contribution in [0, 0.1) is 11.8 Å². The van der Waals surface area contributed by atoms with E-state index in [1.165, 1.54) is 73.6 Å². The minimum Gasteiger partial charge on any atom is -0.398 e. The predicted molar refractivity (Wildman–Crippen MR) is 177 cm³/mol. The van der Waals surface area contributed by atoms with Crippen molar-refractivity contribution in [3.63, 3.8) is 0 Å². The fourth-order valence-corrected chi connectivity index (χ4v) is 6.56. The average molecular weight is 553 g/mol. The second-order valence-corrected chi connectivity index (χ2v) is 15.7. The molecule has 0 unspecified atom stereocenters. The van der Waals surface area contributed by atoms with E-state index in [9.17, 15) is 0 Å². The fourth-order valence-electron chi connectivity index (χ4n) is 5.59. The van der Waals surface area contributed by atoms with Crippen molar-refractivity contribution in [2.75, 3.05) is 11.5 Å². The van der Waals surface area contributed by atoms with Crippen LogP contribution < -0.4 is 11.5 Å². The van der Waals surface area contributed by atoms with E-state index in [1.54, 1.807) is 11.8 Å². The highest BCUT2D eigenvalue weighted by molar-refractivity contribution is 7.99. The highest BCUT2D eigenvalue weighted by atomic mass is 32.2. The zero-order valence-electron chi connectivity index (χ0n) is 27.1. The fraction of sp³-hybridized carbons (Fsp3) is 0.667. The van der Waals surface area contributed by atoms with Gasteiger partial charge in [-0.25, -0.2) is 0 Å². The van der Waals surface area contributed by atoms with Crippen molar-refractivity contribution in [3.8, 4) is 0 Å². The Labute approximate surface area is 246 Å². The molecule has 0 fully saturated rings. The van der Waals surface area contributed by atoms with E-state index in [2.05, 4.69) is 93.5 Å². The first kappa shape index (κ1) is 33.6. The van der Waals surface area contributed by atoms with Crippen LogP contribution in [-0.2, 0) is 23.7 Å². The van der Waals surface area contributed by atoms with Gasteiger partial charge in [-0.1, -0.05) is 132 Å². The largest absolute Gasteiger partial charge is 0.398 e. The first-order chi connectivity index (χ1) is 18.1. The first-order valence-corrected chi connectivity index (χ1v) is 16.5. The monoisotopic (exact) mass is 552 g/mol. The molecule has 0 saturated carbocycles. The number of anilines is 2. The molecule has 0 heterocycles. The second kappa shape index (κ2) is 14.9. The summed E-state index contributed by atoms with van der Waals surface area (Å²) in [5, 5.41) is 0. The molecule has 2 aromatic carbocycles. The molecule has 0 aromatic heterocycles. The standard InChI is InChI=1S/C36H60N2S/c1-25(2)17-13-11-15-19-27-29(35(5,6)7)21-23-31(33(27)37)39-32-24-22-30(36(8,9)10)28(34(32)38)20-16-12-14-18-26(3)4/h21-26H,11-20,37-38H2,1-10H3. The SMILES string of the molecule is CC(C)CCCCCc1c(C(C)(C)C)ccc(Sc2ccc(C(C)(C)C)c(CCCCCC(C)C)c2N)c1N. The molecule has 0 saturated heterocycles. The van der Waals surface area contributed by atoms with Crippen LogP contribution in [0.3, 0.4) is 0 Å².